The normalized spacial score (nSPS) is 14.6. The van der Waals surface area contributed by atoms with Gasteiger partial charge in [-0.2, -0.15) is 5.26 Å². The summed E-state index contributed by atoms with van der Waals surface area (Å²) in [7, 11) is -3.64. The number of carbonyl (C=O) groups is 1. The van der Waals surface area contributed by atoms with Gasteiger partial charge in [0, 0.05) is 28.8 Å². The minimum Gasteiger partial charge on any atom is -0.307 e. The van der Waals surface area contributed by atoms with Crippen LogP contribution in [-0.4, -0.2) is 30.5 Å². The molecule has 3 rings (SSSR count). The predicted octanol–water partition coefficient (Wildman–Crippen LogP) is 2.34. The SMILES string of the molecule is CS(=O)(=O)c1nc(C#N)cc2cnc(NC(=O)C3=CCCCC3)cc12. The molecule has 0 saturated carbocycles. The van der Waals surface area contributed by atoms with Gasteiger partial charge in [0.2, 0.25) is 0 Å². The molecule has 0 spiro atoms. The molecule has 1 N–H and O–H groups in total. The molecule has 0 unspecified atom stereocenters. The Balaban J connectivity index is 2.03. The number of allylic oxidation sites excluding steroid dienone is 1. The van der Waals surface area contributed by atoms with Crippen LogP contribution in [0.5, 0.6) is 0 Å². The van der Waals surface area contributed by atoms with Gasteiger partial charge in [-0.15, -0.1) is 0 Å². The molecule has 1 amide bonds. The van der Waals surface area contributed by atoms with E-state index in [9.17, 15) is 13.2 Å². The second-order valence-corrected chi connectivity index (χ2v) is 7.85. The Hall–Kier alpha value is -2.79. The van der Waals surface area contributed by atoms with Crippen LogP contribution in [0.1, 0.15) is 31.4 Å². The Morgan fingerprint density at radius 1 is 1.32 bits per heavy atom. The van der Waals surface area contributed by atoms with Gasteiger partial charge >= 0.3 is 0 Å². The largest absolute Gasteiger partial charge is 0.307 e. The molecule has 2 heterocycles. The third-order valence-corrected chi connectivity index (χ3v) is 4.98. The number of rotatable bonds is 3. The highest BCUT2D eigenvalue weighted by Crippen LogP contribution is 2.25. The molecule has 128 valence electrons. The summed E-state index contributed by atoms with van der Waals surface area (Å²) in [5, 5.41) is 12.3. The topological polar surface area (TPSA) is 113 Å². The molecule has 1 aliphatic carbocycles. The van der Waals surface area contributed by atoms with Crippen LogP contribution in [0.4, 0.5) is 5.82 Å². The van der Waals surface area contributed by atoms with Crippen LogP contribution in [0.25, 0.3) is 10.8 Å². The maximum absolute atomic E-state index is 12.3. The third kappa shape index (κ3) is 3.67. The van der Waals surface area contributed by atoms with E-state index in [1.54, 1.807) is 0 Å². The maximum Gasteiger partial charge on any atom is 0.252 e. The summed E-state index contributed by atoms with van der Waals surface area (Å²) in [4.78, 5) is 20.3. The molecule has 8 heteroatoms. The molecular formula is C17H16N4O3S. The van der Waals surface area contributed by atoms with E-state index in [0.717, 1.165) is 37.5 Å². The number of anilines is 1. The first-order valence-corrected chi connectivity index (χ1v) is 9.69. The van der Waals surface area contributed by atoms with Crippen molar-refractivity contribution in [2.45, 2.75) is 30.7 Å². The lowest BCUT2D eigenvalue weighted by Gasteiger charge is -2.13. The molecule has 2 aromatic heterocycles. The van der Waals surface area contributed by atoms with Gasteiger partial charge in [0.25, 0.3) is 5.91 Å². The fraction of sp³-hybridized carbons (Fsp3) is 0.294. The number of aromatic nitrogens is 2. The number of sulfone groups is 1. The summed E-state index contributed by atoms with van der Waals surface area (Å²) in [6, 6.07) is 4.78. The van der Waals surface area contributed by atoms with Crippen molar-refractivity contribution in [1.29, 1.82) is 5.26 Å². The number of hydrogen-bond acceptors (Lipinski definition) is 6. The molecule has 25 heavy (non-hydrogen) atoms. The second-order valence-electron chi connectivity index (χ2n) is 5.92. The number of nitrogens with one attached hydrogen (secondary N) is 1. The Morgan fingerprint density at radius 2 is 2.12 bits per heavy atom. The summed E-state index contributed by atoms with van der Waals surface area (Å²) >= 11 is 0. The molecule has 7 nitrogen and oxygen atoms in total. The monoisotopic (exact) mass is 356 g/mol. The highest BCUT2D eigenvalue weighted by Gasteiger charge is 2.18. The number of carbonyl (C=O) groups excluding carboxylic acids is 1. The summed E-state index contributed by atoms with van der Waals surface area (Å²) in [5.74, 6) is 0.0226. The zero-order valence-electron chi connectivity index (χ0n) is 13.6. The zero-order chi connectivity index (χ0) is 18.0. The molecule has 0 bridgehead atoms. The lowest BCUT2D eigenvalue weighted by Crippen LogP contribution is -2.16. The summed E-state index contributed by atoms with van der Waals surface area (Å²) in [6.45, 7) is 0. The number of amides is 1. The number of fused-ring (bicyclic) bond motifs is 1. The third-order valence-electron chi connectivity index (χ3n) is 3.97. The molecule has 2 aromatic rings. The van der Waals surface area contributed by atoms with Gasteiger partial charge in [0.05, 0.1) is 0 Å². The number of nitriles is 1. The van der Waals surface area contributed by atoms with Crippen molar-refractivity contribution in [3.63, 3.8) is 0 Å². The van der Waals surface area contributed by atoms with Crippen LogP contribution < -0.4 is 5.32 Å². The first-order valence-electron chi connectivity index (χ1n) is 7.80. The van der Waals surface area contributed by atoms with Crippen LogP contribution >= 0.6 is 0 Å². The minimum atomic E-state index is -3.64. The Morgan fingerprint density at radius 3 is 2.76 bits per heavy atom. The van der Waals surface area contributed by atoms with Crippen LogP contribution in [0, 0.1) is 11.3 Å². The zero-order valence-corrected chi connectivity index (χ0v) is 14.4. The molecule has 0 aliphatic heterocycles. The minimum absolute atomic E-state index is 0.00104. The van der Waals surface area contributed by atoms with Gasteiger partial charge in [-0.25, -0.2) is 18.4 Å². The van der Waals surface area contributed by atoms with Crippen molar-refractivity contribution in [1.82, 2.24) is 9.97 Å². The molecular weight excluding hydrogens is 340 g/mol. The highest BCUT2D eigenvalue weighted by atomic mass is 32.2. The quantitative estimate of drug-likeness (QED) is 0.903. The van der Waals surface area contributed by atoms with Crippen molar-refractivity contribution >= 4 is 32.3 Å². The van der Waals surface area contributed by atoms with Gasteiger partial charge < -0.3 is 5.32 Å². The fourth-order valence-corrected chi connectivity index (χ4v) is 3.61. The van der Waals surface area contributed by atoms with Crippen molar-refractivity contribution in [2.75, 3.05) is 11.6 Å². The van der Waals surface area contributed by atoms with E-state index in [2.05, 4.69) is 15.3 Å². The number of nitrogens with zero attached hydrogens (tertiary/aromatic N) is 3. The highest BCUT2D eigenvalue weighted by molar-refractivity contribution is 7.90. The number of hydrogen-bond donors (Lipinski definition) is 1. The molecule has 0 radical (unpaired) electrons. The van der Waals surface area contributed by atoms with Crippen LogP contribution in [0.2, 0.25) is 0 Å². The van der Waals surface area contributed by atoms with E-state index in [0.29, 0.717) is 10.8 Å². The van der Waals surface area contributed by atoms with E-state index in [1.807, 2.05) is 12.1 Å². The van der Waals surface area contributed by atoms with Gasteiger partial charge in [-0.05, 0) is 37.8 Å². The standard InChI is InChI=1S/C17H16N4O3S/c1-25(23,24)17-14-8-15(19-10-12(14)7-13(9-18)20-17)21-16(22)11-5-3-2-4-6-11/h5,7-8,10H,2-4,6H2,1H3,(H,19,21,22). The van der Waals surface area contributed by atoms with Crippen molar-refractivity contribution in [3.05, 3.63) is 35.7 Å². The smallest absolute Gasteiger partial charge is 0.252 e. The fourth-order valence-electron chi connectivity index (χ4n) is 2.76. The summed E-state index contributed by atoms with van der Waals surface area (Å²) in [6.07, 6.45) is 8.04. The first-order chi connectivity index (χ1) is 11.9. The van der Waals surface area contributed by atoms with E-state index in [1.165, 1.54) is 18.3 Å². The molecule has 1 aliphatic rings. The average Bonchev–Trinajstić information content (AvgIpc) is 2.60. The van der Waals surface area contributed by atoms with Gasteiger partial charge in [0.15, 0.2) is 14.9 Å². The maximum atomic E-state index is 12.3. The van der Waals surface area contributed by atoms with Crippen molar-refractivity contribution in [3.8, 4) is 6.07 Å². The summed E-state index contributed by atoms with van der Waals surface area (Å²) in [5.41, 5.74) is 0.716. The molecule has 0 saturated heterocycles. The lowest BCUT2D eigenvalue weighted by atomic mass is 9.99. The van der Waals surface area contributed by atoms with Crippen LogP contribution in [0.15, 0.2) is 35.0 Å². The van der Waals surface area contributed by atoms with Crippen molar-refractivity contribution in [2.24, 2.45) is 0 Å². The van der Waals surface area contributed by atoms with Crippen molar-refractivity contribution < 1.29 is 13.2 Å². The van der Waals surface area contributed by atoms with Crippen LogP contribution in [-0.2, 0) is 14.6 Å². The summed E-state index contributed by atoms with van der Waals surface area (Å²) < 4.78 is 24.0. The van der Waals surface area contributed by atoms with Gasteiger partial charge in [-0.3, -0.25) is 4.79 Å². The second kappa shape index (κ2) is 6.61. The van der Waals surface area contributed by atoms with E-state index in [4.69, 9.17) is 5.26 Å². The van der Waals surface area contributed by atoms with E-state index in [-0.39, 0.29) is 22.4 Å². The Bertz CT molecular complexity index is 1040. The number of pyridine rings is 2. The molecule has 0 fully saturated rings. The Labute approximate surface area is 145 Å². The molecule has 0 atom stereocenters. The van der Waals surface area contributed by atoms with Gasteiger partial charge in [-0.1, -0.05) is 6.08 Å². The van der Waals surface area contributed by atoms with Crippen LogP contribution in [0.3, 0.4) is 0 Å². The lowest BCUT2D eigenvalue weighted by molar-refractivity contribution is -0.113. The molecule has 0 aromatic carbocycles. The van der Waals surface area contributed by atoms with E-state index >= 15 is 0 Å². The Kier molecular flexibility index (Phi) is 4.51. The van der Waals surface area contributed by atoms with Gasteiger partial charge in [0.1, 0.15) is 17.6 Å². The average molecular weight is 356 g/mol. The first kappa shape index (κ1) is 17.0. The predicted molar refractivity (Wildman–Crippen MR) is 92.5 cm³/mol. The van der Waals surface area contributed by atoms with E-state index < -0.39 is 9.84 Å².